The number of piperazine rings is 1. The van der Waals surface area contributed by atoms with Crippen molar-refractivity contribution in [3.8, 4) is 5.75 Å². The van der Waals surface area contributed by atoms with Crippen molar-refractivity contribution in [1.82, 2.24) is 5.32 Å². The molecule has 1 fully saturated rings. The zero-order valence-corrected chi connectivity index (χ0v) is 12.3. The van der Waals surface area contributed by atoms with Gasteiger partial charge in [0.05, 0.1) is 12.8 Å². The number of hydrogen-bond donors (Lipinski definition) is 1. The summed E-state index contributed by atoms with van der Waals surface area (Å²) in [4.78, 5) is 26.5. The number of nitrogens with zero attached hydrogens (tertiary/aromatic N) is 1. The molecule has 1 N–H and O–H groups in total. The summed E-state index contributed by atoms with van der Waals surface area (Å²) in [6.07, 6.45) is 0.547. The van der Waals surface area contributed by atoms with Crippen LogP contribution < -0.4 is 15.0 Å². The molecule has 1 saturated heterocycles. The van der Waals surface area contributed by atoms with E-state index in [1.54, 1.807) is 38.0 Å². The molecule has 0 saturated carbocycles. The van der Waals surface area contributed by atoms with Gasteiger partial charge >= 0.3 is 0 Å². The average Bonchev–Trinajstić information content (AvgIpc) is 2.42. The zero-order chi connectivity index (χ0) is 14.9. The van der Waals surface area contributed by atoms with E-state index in [0.717, 1.165) is 0 Å². The number of amides is 2. The van der Waals surface area contributed by atoms with E-state index < -0.39 is 11.6 Å². The molecule has 1 unspecified atom stereocenters. The normalized spacial score (nSPS) is 21.6. The minimum absolute atomic E-state index is 0.131. The first-order chi connectivity index (χ1) is 9.42. The van der Waals surface area contributed by atoms with Gasteiger partial charge in [0, 0.05) is 0 Å². The zero-order valence-electron chi connectivity index (χ0n) is 12.3. The van der Waals surface area contributed by atoms with Crippen LogP contribution in [0.1, 0.15) is 27.2 Å². The van der Waals surface area contributed by atoms with Gasteiger partial charge in [0.25, 0.3) is 5.91 Å². The highest BCUT2D eigenvalue weighted by atomic mass is 16.5. The van der Waals surface area contributed by atoms with Gasteiger partial charge in [-0.05, 0) is 32.4 Å². The Hall–Kier alpha value is -2.04. The number of carbonyl (C=O) groups excluding carboxylic acids is 2. The first-order valence-electron chi connectivity index (χ1n) is 6.71. The second kappa shape index (κ2) is 5.15. The van der Waals surface area contributed by atoms with Crippen molar-refractivity contribution >= 4 is 17.5 Å². The largest absolute Gasteiger partial charge is 0.495 e. The summed E-state index contributed by atoms with van der Waals surface area (Å²) >= 11 is 0. The molecule has 1 atom stereocenters. The number of hydrogen-bond acceptors (Lipinski definition) is 3. The molecule has 0 spiro atoms. The van der Waals surface area contributed by atoms with Gasteiger partial charge in [-0.25, -0.2) is 0 Å². The fraction of sp³-hybridized carbons (Fsp3) is 0.467. The van der Waals surface area contributed by atoms with Gasteiger partial charge in [0.1, 0.15) is 17.3 Å². The Morgan fingerprint density at radius 3 is 2.55 bits per heavy atom. The van der Waals surface area contributed by atoms with Crippen molar-refractivity contribution in [2.45, 2.75) is 38.8 Å². The van der Waals surface area contributed by atoms with Gasteiger partial charge in [0.2, 0.25) is 5.91 Å². The number of nitrogens with one attached hydrogen (secondary N) is 1. The second-order valence-corrected chi connectivity index (χ2v) is 5.39. The maximum absolute atomic E-state index is 12.7. The Labute approximate surface area is 118 Å². The molecule has 1 aliphatic heterocycles. The number of anilines is 1. The van der Waals surface area contributed by atoms with E-state index in [1.807, 2.05) is 19.1 Å². The summed E-state index contributed by atoms with van der Waals surface area (Å²) in [5.41, 5.74) is -0.279. The summed E-state index contributed by atoms with van der Waals surface area (Å²) in [5, 5.41) is 2.77. The number of methoxy groups -OCH3 is 1. The molecule has 108 valence electrons. The maximum Gasteiger partial charge on any atom is 0.253 e. The van der Waals surface area contributed by atoms with E-state index in [4.69, 9.17) is 4.74 Å². The summed E-state index contributed by atoms with van der Waals surface area (Å²) in [7, 11) is 1.55. The van der Waals surface area contributed by atoms with Crippen LogP contribution in [-0.2, 0) is 9.59 Å². The smallest absolute Gasteiger partial charge is 0.253 e. The second-order valence-electron chi connectivity index (χ2n) is 5.39. The predicted octanol–water partition coefficient (Wildman–Crippen LogP) is 1.72. The van der Waals surface area contributed by atoms with Gasteiger partial charge in [-0.2, -0.15) is 0 Å². The van der Waals surface area contributed by atoms with Crippen molar-refractivity contribution in [1.29, 1.82) is 0 Å². The van der Waals surface area contributed by atoms with Crippen molar-refractivity contribution in [3.05, 3.63) is 24.3 Å². The summed E-state index contributed by atoms with van der Waals surface area (Å²) in [6.45, 7) is 5.31. The number of rotatable bonds is 3. The molecule has 1 aromatic rings. The third-order valence-electron chi connectivity index (χ3n) is 3.53. The van der Waals surface area contributed by atoms with Gasteiger partial charge < -0.3 is 10.1 Å². The molecule has 2 rings (SSSR count). The molecule has 0 radical (unpaired) electrons. The van der Waals surface area contributed by atoms with E-state index in [1.165, 1.54) is 0 Å². The molecule has 5 nitrogen and oxygen atoms in total. The molecule has 5 heteroatoms. The number of carbonyl (C=O) groups is 2. The Morgan fingerprint density at radius 1 is 1.30 bits per heavy atom. The van der Waals surface area contributed by atoms with Gasteiger partial charge in [-0.15, -0.1) is 0 Å². The summed E-state index contributed by atoms with van der Waals surface area (Å²) < 4.78 is 5.32. The number of ether oxygens (including phenoxy) is 1. The van der Waals surface area contributed by atoms with Crippen LogP contribution in [0.15, 0.2) is 24.3 Å². The first-order valence-corrected chi connectivity index (χ1v) is 6.71. The predicted molar refractivity (Wildman–Crippen MR) is 76.8 cm³/mol. The van der Waals surface area contributed by atoms with E-state index >= 15 is 0 Å². The molecule has 0 aromatic heterocycles. The lowest BCUT2D eigenvalue weighted by atomic mass is 9.95. The van der Waals surface area contributed by atoms with Crippen LogP contribution in [0.2, 0.25) is 0 Å². The monoisotopic (exact) mass is 276 g/mol. The van der Waals surface area contributed by atoms with E-state index in [0.29, 0.717) is 17.9 Å². The lowest BCUT2D eigenvalue weighted by Gasteiger charge is -2.42. The third kappa shape index (κ3) is 2.24. The quantitative estimate of drug-likeness (QED) is 0.914. The van der Waals surface area contributed by atoms with Crippen LogP contribution in [0.4, 0.5) is 5.69 Å². The summed E-state index contributed by atoms with van der Waals surface area (Å²) in [6, 6.07) is 6.75. The fourth-order valence-electron chi connectivity index (χ4n) is 2.48. The molecule has 1 aromatic carbocycles. The standard InChI is InChI=1S/C15H20N2O3/c1-5-10-13(18)16-15(2,3)14(19)17(10)11-8-6-7-9-12(11)20-4/h6-10H,5H2,1-4H3,(H,16,18). The third-order valence-corrected chi connectivity index (χ3v) is 3.53. The van der Waals surface area contributed by atoms with Crippen molar-refractivity contribution in [2.24, 2.45) is 0 Å². The molecule has 2 amide bonds. The van der Waals surface area contributed by atoms with E-state index in [9.17, 15) is 9.59 Å². The molecule has 20 heavy (non-hydrogen) atoms. The molecule has 0 bridgehead atoms. The van der Waals surface area contributed by atoms with Crippen LogP contribution >= 0.6 is 0 Å². The van der Waals surface area contributed by atoms with Crippen LogP contribution in [0.5, 0.6) is 5.75 Å². The van der Waals surface area contributed by atoms with E-state index in [-0.39, 0.29) is 11.8 Å². The molecular formula is C15H20N2O3. The lowest BCUT2D eigenvalue weighted by molar-refractivity contribution is -0.137. The molecule has 1 aliphatic rings. The Bertz CT molecular complexity index is 540. The Kier molecular flexibility index (Phi) is 3.70. The molecule has 0 aliphatic carbocycles. The van der Waals surface area contributed by atoms with Crippen LogP contribution in [0.3, 0.4) is 0 Å². The highest BCUT2D eigenvalue weighted by molar-refractivity contribution is 6.11. The van der Waals surface area contributed by atoms with Crippen LogP contribution in [0, 0.1) is 0 Å². The highest BCUT2D eigenvalue weighted by Gasteiger charge is 2.45. The van der Waals surface area contributed by atoms with Crippen molar-refractivity contribution in [3.63, 3.8) is 0 Å². The van der Waals surface area contributed by atoms with Crippen molar-refractivity contribution < 1.29 is 14.3 Å². The lowest BCUT2D eigenvalue weighted by Crippen LogP contribution is -2.68. The van der Waals surface area contributed by atoms with E-state index in [2.05, 4.69) is 5.32 Å². The fourth-order valence-corrected chi connectivity index (χ4v) is 2.48. The molecular weight excluding hydrogens is 256 g/mol. The first kappa shape index (κ1) is 14.4. The van der Waals surface area contributed by atoms with Crippen LogP contribution in [0.25, 0.3) is 0 Å². The van der Waals surface area contributed by atoms with Crippen LogP contribution in [-0.4, -0.2) is 30.5 Å². The highest BCUT2D eigenvalue weighted by Crippen LogP contribution is 2.33. The van der Waals surface area contributed by atoms with Gasteiger partial charge in [0.15, 0.2) is 0 Å². The number of benzene rings is 1. The minimum Gasteiger partial charge on any atom is -0.495 e. The Morgan fingerprint density at radius 2 is 1.95 bits per heavy atom. The average molecular weight is 276 g/mol. The topological polar surface area (TPSA) is 58.6 Å². The SMILES string of the molecule is CCC1C(=O)NC(C)(C)C(=O)N1c1ccccc1OC. The number of para-hydroxylation sites is 2. The van der Waals surface area contributed by atoms with Gasteiger partial charge in [-0.3, -0.25) is 14.5 Å². The van der Waals surface area contributed by atoms with Gasteiger partial charge in [-0.1, -0.05) is 19.1 Å². The summed E-state index contributed by atoms with van der Waals surface area (Å²) in [5.74, 6) is 0.321. The van der Waals surface area contributed by atoms with Crippen molar-refractivity contribution in [2.75, 3.05) is 12.0 Å². The maximum atomic E-state index is 12.7. The minimum atomic E-state index is -0.913. The Balaban J connectivity index is 2.54. The molecule has 1 heterocycles.